The normalized spacial score (nSPS) is 11.6. The molecule has 0 spiro atoms. The van der Waals surface area contributed by atoms with Crippen molar-refractivity contribution in [2.45, 2.75) is 6.04 Å². The highest BCUT2D eigenvalue weighted by Crippen LogP contribution is 2.26. The highest BCUT2D eigenvalue weighted by Gasteiger charge is 2.16. The quantitative estimate of drug-likeness (QED) is 0.795. The number of aromatic nitrogens is 3. The summed E-state index contributed by atoms with van der Waals surface area (Å²) in [4.78, 5) is 11.2. The lowest BCUT2D eigenvalue weighted by Crippen LogP contribution is -2.13. The molecule has 0 saturated carbocycles. The third kappa shape index (κ3) is 2.94. The first-order valence-corrected chi connectivity index (χ1v) is 6.93. The van der Waals surface area contributed by atoms with Gasteiger partial charge in [0.1, 0.15) is 12.7 Å². The van der Waals surface area contributed by atoms with E-state index in [2.05, 4.69) is 16.3 Å². The van der Waals surface area contributed by atoms with E-state index < -0.39 is 5.91 Å². The molecule has 1 unspecified atom stereocenters. The van der Waals surface area contributed by atoms with Crippen molar-refractivity contribution >= 4 is 5.91 Å². The van der Waals surface area contributed by atoms with Crippen LogP contribution in [0.15, 0.2) is 61.2 Å². The van der Waals surface area contributed by atoms with Crippen LogP contribution in [0.25, 0.3) is 0 Å². The van der Waals surface area contributed by atoms with Gasteiger partial charge in [0.25, 0.3) is 0 Å². The Balaban J connectivity index is 2.05. The zero-order valence-electron chi connectivity index (χ0n) is 12.1. The number of nitrogens with zero attached hydrogens (tertiary/aromatic N) is 4. The van der Waals surface area contributed by atoms with E-state index in [1.54, 1.807) is 36.9 Å². The topological polar surface area (TPSA) is 97.6 Å². The number of carbonyl (C=O) groups is 1. The van der Waals surface area contributed by atoms with E-state index >= 15 is 0 Å². The maximum Gasteiger partial charge on any atom is 0.248 e. The number of hydrogen-bond donors (Lipinski definition) is 1. The third-order valence-electron chi connectivity index (χ3n) is 3.60. The molecular formula is C17H13N5O. The highest BCUT2D eigenvalue weighted by atomic mass is 16.1. The minimum Gasteiger partial charge on any atom is -0.366 e. The lowest BCUT2D eigenvalue weighted by molar-refractivity contribution is 0.100. The summed E-state index contributed by atoms with van der Waals surface area (Å²) >= 11 is 0. The first kappa shape index (κ1) is 14.5. The van der Waals surface area contributed by atoms with Crippen molar-refractivity contribution in [3.63, 3.8) is 0 Å². The van der Waals surface area contributed by atoms with Crippen LogP contribution < -0.4 is 5.73 Å². The van der Waals surface area contributed by atoms with Crippen LogP contribution in [0.4, 0.5) is 0 Å². The molecule has 2 aromatic carbocycles. The van der Waals surface area contributed by atoms with Gasteiger partial charge in [0.05, 0.1) is 17.7 Å². The molecule has 1 atom stereocenters. The van der Waals surface area contributed by atoms with Crippen LogP contribution in [0.2, 0.25) is 0 Å². The second-order valence-electron chi connectivity index (χ2n) is 5.03. The van der Waals surface area contributed by atoms with Crippen molar-refractivity contribution < 1.29 is 4.79 Å². The molecule has 0 fully saturated rings. The fourth-order valence-electron chi connectivity index (χ4n) is 2.45. The summed E-state index contributed by atoms with van der Waals surface area (Å²) in [5.41, 5.74) is 8.28. The summed E-state index contributed by atoms with van der Waals surface area (Å²) in [6, 6.07) is 16.4. The smallest absolute Gasteiger partial charge is 0.248 e. The Morgan fingerprint density at radius 3 is 2.00 bits per heavy atom. The summed E-state index contributed by atoms with van der Waals surface area (Å²) in [7, 11) is 0. The van der Waals surface area contributed by atoms with Gasteiger partial charge in [-0.1, -0.05) is 24.3 Å². The second-order valence-corrected chi connectivity index (χ2v) is 5.03. The van der Waals surface area contributed by atoms with Crippen LogP contribution >= 0.6 is 0 Å². The van der Waals surface area contributed by atoms with Crippen molar-refractivity contribution in [2.75, 3.05) is 0 Å². The summed E-state index contributed by atoms with van der Waals surface area (Å²) in [6.45, 7) is 0. The van der Waals surface area contributed by atoms with E-state index in [9.17, 15) is 4.79 Å². The standard InChI is InChI=1S/C17H13N5O/c18-9-12-1-3-13(4-2-12)16(22-10-20-21-11-22)14-5-7-15(8-6-14)17(19)23/h1-8,10-11,16H,(H2,19,23). The van der Waals surface area contributed by atoms with E-state index in [1.807, 2.05) is 28.8 Å². The number of amides is 1. The van der Waals surface area contributed by atoms with Crippen molar-refractivity contribution in [1.82, 2.24) is 14.8 Å². The maximum atomic E-state index is 11.2. The van der Waals surface area contributed by atoms with Gasteiger partial charge in [0, 0.05) is 5.56 Å². The number of hydrogen-bond acceptors (Lipinski definition) is 4. The Morgan fingerprint density at radius 2 is 1.52 bits per heavy atom. The minimum absolute atomic E-state index is 0.153. The molecule has 2 N–H and O–H groups in total. The average molecular weight is 303 g/mol. The van der Waals surface area contributed by atoms with Gasteiger partial charge in [-0.05, 0) is 35.4 Å². The van der Waals surface area contributed by atoms with Crippen molar-refractivity contribution in [3.05, 3.63) is 83.4 Å². The third-order valence-corrected chi connectivity index (χ3v) is 3.60. The van der Waals surface area contributed by atoms with E-state index in [4.69, 9.17) is 11.0 Å². The van der Waals surface area contributed by atoms with Gasteiger partial charge in [-0.25, -0.2) is 0 Å². The van der Waals surface area contributed by atoms with Gasteiger partial charge in [0.2, 0.25) is 5.91 Å². The summed E-state index contributed by atoms with van der Waals surface area (Å²) < 4.78 is 1.86. The van der Waals surface area contributed by atoms with Crippen LogP contribution in [0, 0.1) is 11.3 Å². The van der Waals surface area contributed by atoms with Crippen LogP contribution in [0.1, 0.15) is 33.1 Å². The molecule has 0 bridgehead atoms. The molecule has 6 heteroatoms. The van der Waals surface area contributed by atoms with Gasteiger partial charge in [-0.3, -0.25) is 4.79 Å². The second kappa shape index (κ2) is 6.12. The number of nitriles is 1. The average Bonchev–Trinajstić information content (AvgIpc) is 3.10. The minimum atomic E-state index is -0.462. The van der Waals surface area contributed by atoms with Gasteiger partial charge in [0.15, 0.2) is 0 Å². The van der Waals surface area contributed by atoms with E-state index in [1.165, 1.54) is 0 Å². The van der Waals surface area contributed by atoms with Crippen molar-refractivity contribution in [1.29, 1.82) is 5.26 Å². The molecule has 6 nitrogen and oxygen atoms in total. The van der Waals surface area contributed by atoms with Crippen molar-refractivity contribution in [3.8, 4) is 6.07 Å². The van der Waals surface area contributed by atoms with Gasteiger partial charge in [-0.15, -0.1) is 10.2 Å². The molecule has 3 aromatic rings. The molecular weight excluding hydrogens is 290 g/mol. The Labute approximate surface area is 132 Å². The Kier molecular flexibility index (Phi) is 3.85. The molecule has 1 amide bonds. The maximum absolute atomic E-state index is 11.2. The van der Waals surface area contributed by atoms with Gasteiger partial charge >= 0.3 is 0 Å². The molecule has 0 radical (unpaired) electrons. The Morgan fingerprint density at radius 1 is 1.00 bits per heavy atom. The number of primary amides is 1. The summed E-state index contributed by atoms with van der Waals surface area (Å²) in [5.74, 6) is -0.462. The van der Waals surface area contributed by atoms with E-state index in [0.717, 1.165) is 11.1 Å². The first-order valence-electron chi connectivity index (χ1n) is 6.93. The predicted octanol–water partition coefficient (Wildman–Crippen LogP) is 1.89. The molecule has 0 aliphatic carbocycles. The monoisotopic (exact) mass is 303 g/mol. The number of nitrogens with two attached hydrogens (primary N) is 1. The Hall–Kier alpha value is -3.46. The predicted molar refractivity (Wildman–Crippen MR) is 83.4 cm³/mol. The number of carbonyl (C=O) groups excluding carboxylic acids is 1. The SMILES string of the molecule is N#Cc1ccc(C(c2ccc(C(N)=O)cc2)n2cnnc2)cc1. The summed E-state index contributed by atoms with van der Waals surface area (Å²) in [6.07, 6.45) is 3.26. The molecule has 1 heterocycles. The lowest BCUT2D eigenvalue weighted by Gasteiger charge is -2.19. The van der Waals surface area contributed by atoms with E-state index in [-0.39, 0.29) is 6.04 Å². The van der Waals surface area contributed by atoms with Crippen LogP contribution in [0.3, 0.4) is 0 Å². The molecule has 23 heavy (non-hydrogen) atoms. The van der Waals surface area contributed by atoms with Crippen molar-refractivity contribution in [2.24, 2.45) is 5.73 Å². The fourth-order valence-corrected chi connectivity index (χ4v) is 2.45. The molecule has 112 valence electrons. The van der Waals surface area contributed by atoms with Crippen LogP contribution in [-0.2, 0) is 0 Å². The molecule has 0 saturated heterocycles. The molecule has 0 aliphatic heterocycles. The zero-order chi connectivity index (χ0) is 16.2. The fraction of sp³-hybridized carbons (Fsp3) is 0.0588. The van der Waals surface area contributed by atoms with E-state index in [0.29, 0.717) is 11.1 Å². The van der Waals surface area contributed by atoms with Gasteiger partial charge < -0.3 is 10.3 Å². The lowest BCUT2D eigenvalue weighted by atomic mass is 9.96. The number of rotatable bonds is 4. The molecule has 1 aromatic heterocycles. The number of benzene rings is 2. The molecule has 3 rings (SSSR count). The summed E-state index contributed by atoms with van der Waals surface area (Å²) in [5, 5.41) is 16.7. The van der Waals surface area contributed by atoms with Crippen LogP contribution in [-0.4, -0.2) is 20.7 Å². The first-order chi connectivity index (χ1) is 11.2. The Bertz CT molecular complexity index is 846. The highest BCUT2D eigenvalue weighted by molar-refractivity contribution is 5.92. The largest absolute Gasteiger partial charge is 0.366 e. The van der Waals surface area contributed by atoms with Gasteiger partial charge in [-0.2, -0.15) is 5.26 Å². The zero-order valence-corrected chi connectivity index (χ0v) is 12.1. The molecule has 0 aliphatic rings. The van der Waals surface area contributed by atoms with Crippen LogP contribution in [0.5, 0.6) is 0 Å².